The molecule has 0 amide bonds. The van der Waals surface area contributed by atoms with Crippen LogP contribution < -0.4 is 0 Å². The number of aliphatic hydroxyl groups is 1. The van der Waals surface area contributed by atoms with Crippen LogP contribution in [-0.4, -0.2) is 96.7 Å². The van der Waals surface area contributed by atoms with Crippen LogP contribution in [0.2, 0.25) is 0 Å². The lowest BCUT2D eigenvalue weighted by Crippen LogP contribution is -2.30. The fourth-order valence-electron chi connectivity index (χ4n) is 12.3. The molecule has 0 aromatic carbocycles. The van der Waals surface area contributed by atoms with Gasteiger partial charge in [0.25, 0.3) is 0 Å². The van der Waals surface area contributed by atoms with Crippen LogP contribution in [-0.2, 0) is 65.4 Å². The predicted octanol–water partition coefficient (Wildman–Crippen LogP) is 23.7. The third-order valence-electron chi connectivity index (χ3n) is 19.0. The van der Waals surface area contributed by atoms with Gasteiger partial charge in [0, 0.05) is 25.7 Å². The Kier molecular flexibility index (Phi) is 69.0. The molecule has 17 nitrogen and oxygen atoms in total. The van der Waals surface area contributed by atoms with Crippen molar-refractivity contribution in [2.45, 2.75) is 433 Å². The number of phosphoric acid groups is 2. The Balaban J connectivity index is 5.26. The zero-order valence-corrected chi connectivity index (χ0v) is 66.8. The van der Waals surface area contributed by atoms with E-state index in [-0.39, 0.29) is 25.7 Å². The first-order valence-electron chi connectivity index (χ1n) is 41.4. The zero-order chi connectivity index (χ0) is 73.0. The van der Waals surface area contributed by atoms with Crippen LogP contribution >= 0.6 is 15.6 Å². The largest absolute Gasteiger partial charge is 0.472 e. The number of carbonyl (C=O) groups excluding carboxylic acids is 4. The summed E-state index contributed by atoms with van der Waals surface area (Å²) in [5.41, 5.74) is 0. The number of phosphoric ester groups is 2. The number of aliphatic hydroxyl groups excluding tert-OH is 1. The molecule has 0 saturated heterocycles. The minimum Gasteiger partial charge on any atom is -0.462 e. The van der Waals surface area contributed by atoms with E-state index >= 15 is 0 Å². The molecule has 0 aromatic heterocycles. The van der Waals surface area contributed by atoms with E-state index in [1.54, 1.807) is 0 Å². The van der Waals surface area contributed by atoms with E-state index in [1.807, 2.05) is 0 Å². The second-order valence-corrected chi connectivity index (χ2v) is 32.9. The van der Waals surface area contributed by atoms with Crippen LogP contribution in [0, 0.1) is 17.8 Å². The summed E-state index contributed by atoms with van der Waals surface area (Å²) in [6, 6.07) is 0. The van der Waals surface area contributed by atoms with Gasteiger partial charge in [0.1, 0.15) is 19.3 Å². The molecular weight excluding hydrogens is 1290 g/mol. The number of carbonyl (C=O) groups is 4. The fraction of sp³-hybridized carbons (Fsp3) is 0.950. The Morgan fingerprint density at radius 2 is 0.515 bits per heavy atom. The number of hydrogen-bond donors (Lipinski definition) is 3. The van der Waals surface area contributed by atoms with Gasteiger partial charge >= 0.3 is 39.5 Å². The Labute approximate surface area is 607 Å². The normalized spacial score (nSPS) is 14.3. The van der Waals surface area contributed by atoms with Crippen LogP contribution in [0.3, 0.4) is 0 Å². The Bertz CT molecular complexity index is 1920. The maximum absolute atomic E-state index is 13.1. The highest BCUT2D eigenvalue weighted by atomic mass is 31.2. The van der Waals surface area contributed by atoms with Crippen molar-refractivity contribution < 1.29 is 80.2 Å². The van der Waals surface area contributed by atoms with Crippen molar-refractivity contribution >= 4 is 39.5 Å². The first kappa shape index (κ1) is 97.1. The molecule has 0 aromatic rings. The van der Waals surface area contributed by atoms with Gasteiger partial charge in [-0.2, -0.15) is 0 Å². The lowest BCUT2D eigenvalue weighted by atomic mass is 9.99. The van der Waals surface area contributed by atoms with Gasteiger partial charge in [-0.15, -0.1) is 0 Å². The molecule has 0 saturated carbocycles. The average molecular weight is 1450 g/mol. The van der Waals surface area contributed by atoms with Crippen molar-refractivity contribution in [1.29, 1.82) is 0 Å². The number of esters is 4. The highest BCUT2D eigenvalue weighted by molar-refractivity contribution is 7.47. The third kappa shape index (κ3) is 72.8. The van der Waals surface area contributed by atoms with Crippen molar-refractivity contribution in [3.05, 3.63) is 0 Å². The molecule has 99 heavy (non-hydrogen) atoms. The molecule has 0 heterocycles. The van der Waals surface area contributed by atoms with Gasteiger partial charge in [-0.3, -0.25) is 37.3 Å². The molecular formula is C80H156O17P2. The van der Waals surface area contributed by atoms with Gasteiger partial charge in [-0.1, -0.05) is 363 Å². The van der Waals surface area contributed by atoms with E-state index < -0.39 is 97.5 Å². The van der Waals surface area contributed by atoms with E-state index in [4.69, 9.17) is 37.0 Å². The molecule has 6 atom stereocenters. The maximum Gasteiger partial charge on any atom is 0.472 e. The lowest BCUT2D eigenvalue weighted by molar-refractivity contribution is -0.161. The molecule has 0 bridgehead atoms. The Morgan fingerprint density at radius 3 is 0.768 bits per heavy atom. The van der Waals surface area contributed by atoms with E-state index in [0.29, 0.717) is 25.7 Å². The second-order valence-electron chi connectivity index (χ2n) is 30.0. The highest BCUT2D eigenvalue weighted by Gasteiger charge is 2.30. The first-order valence-corrected chi connectivity index (χ1v) is 44.4. The van der Waals surface area contributed by atoms with Crippen LogP contribution in [0.4, 0.5) is 0 Å². The molecule has 0 aliphatic heterocycles. The summed E-state index contributed by atoms with van der Waals surface area (Å²) in [5.74, 6) is 0.292. The van der Waals surface area contributed by atoms with E-state index in [9.17, 15) is 43.2 Å². The van der Waals surface area contributed by atoms with Gasteiger partial charge in [0.05, 0.1) is 26.4 Å². The fourth-order valence-corrected chi connectivity index (χ4v) is 13.9. The Morgan fingerprint density at radius 1 is 0.293 bits per heavy atom. The predicted molar refractivity (Wildman–Crippen MR) is 405 cm³/mol. The molecule has 0 aliphatic rings. The number of unbranched alkanes of at least 4 members (excludes halogenated alkanes) is 45. The van der Waals surface area contributed by atoms with Gasteiger partial charge in [-0.05, 0) is 43.4 Å². The summed E-state index contributed by atoms with van der Waals surface area (Å²) in [6.07, 6.45) is 58.0. The summed E-state index contributed by atoms with van der Waals surface area (Å²) in [4.78, 5) is 73.0. The van der Waals surface area contributed by atoms with Crippen LogP contribution in [0.5, 0.6) is 0 Å². The lowest BCUT2D eigenvalue weighted by Gasteiger charge is -2.21. The summed E-state index contributed by atoms with van der Waals surface area (Å²) in [7, 11) is -9.92. The molecule has 3 N–H and O–H groups in total. The van der Waals surface area contributed by atoms with E-state index in [2.05, 4.69) is 48.5 Å². The number of hydrogen-bond acceptors (Lipinski definition) is 15. The quantitative estimate of drug-likeness (QED) is 0.0222. The Hall–Kier alpha value is -1.94. The molecule has 0 spiro atoms. The maximum atomic E-state index is 13.1. The van der Waals surface area contributed by atoms with Crippen molar-refractivity contribution in [2.75, 3.05) is 39.6 Å². The molecule has 0 radical (unpaired) electrons. The van der Waals surface area contributed by atoms with Crippen molar-refractivity contribution in [3.63, 3.8) is 0 Å². The smallest absolute Gasteiger partial charge is 0.462 e. The summed E-state index contributed by atoms with van der Waals surface area (Å²) in [5, 5.41) is 10.6. The molecule has 0 fully saturated rings. The number of rotatable bonds is 78. The monoisotopic (exact) mass is 1450 g/mol. The van der Waals surface area contributed by atoms with Crippen LogP contribution in [0.1, 0.15) is 414 Å². The van der Waals surface area contributed by atoms with Crippen LogP contribution in [0.25, 0.3) is 0 Å². The standard InChI is InChI=1S/C80H156O17P2/c1-8-10-11-12-13-14-23-33-40-47-54-61-77(82)90-67-75(97-80(85)64-57-50-43-36-29-22-25-31-38-45-52-59-72(5)6)69-94-98(86,87)92-65-74(81)66-93-99(88,89)95-70-76(68-91-78(83)62-55-48-41-34-27-21-17-18-24-30-37-44-51-58-71(3)4)96-79(84)63-56-49-42-35-28-20-16-15-19-26-32-39-46-53-60-73(7)9-2/h71-76,81H,8-70H2,1-7H3,(H,86,87)(H,88,89)/t73?,74-,75+,76+/m0/s1. The van der Waals surface area contributed by atoms with E-state index in [1.165, 1.54) is 225 Å². The summed E-state index contributed by atoms with van der Waals surface area (Å²) in [6.45, 7) is 12.0. The van der Waals surface area contributed by atoms with Gasteiger partial charge in [-0.25, -0.2) is 9.13 Å². The minimum absolute atomic E-state index is 0.107. The van der Waals surface area contributed by atoms with E-state index in [0.717, 1.165) is 108 Å². The van der Waals surface area contributed by atoms with Gasteiger partial charge in [0.2, 0.25) is 0 Å². The minimum atomic E-state index is -4.96. The highest BCUT2D eigenvalue weighted by Crippen LogP contribution is 2.45. The van der Waals surface area contributed by atoms with Crippen molar-refractivity contribution in [2.24, 2.45) is 17.8 Å². The zero-order valence-electron chi connectivity index (χ0n) is 65.0. The van der Waals surface area contributed by atoms with Crippen molar-refractivity contribution in [3.8, 4) is 0 Å². The summed E-state index contributed by atoms with van der Waals surface area (Å²) >= 11 is 0. The average Bonchev–Trinajstić information content (AvgIpc) is 0.993. The summed E-state index contributed by atoms with van der Waals surface area (Å²) < 4.78 is 68.7. The van der Waals surface area contributed by atoms with Gasteiger partial charge in [0.15, 0.2) is 12.2 Å². The molecule has 3 unspecified atom stereocenters. The van der Waals surface area contributed by atoms with Crippen molar-refractivity contribution in [1.82, 2.24) is 0 Å². The topological polar surface area (TPSA) is 237 Å². The second kappa shape index (κ2) is 70.4. The number of ether oxygens (including phenoxy) is 4. The third-order valence-corrected chi connectivity index (χ3v) is 20.9. The molecule has 19 heteroatoms. The first-order chi connectivity index (χ1) is 47.8. The molecule has 588 valence electrons. The molecule has 0 aliphatic carbocycles. The SMILES string of the molecule is CCCCCCCCCCCCCC(=O)OC[C@H](COP(=O)(O)OC[C@H](O)COP(=O)(O)OC[C@@H](COC(=O)CCCCCCCCCCCCCCCC(C)C)OC(=O)CCCCCCCCCCCCCCCCC(C)CC)OC(=O)CCCCCCCCCCCCCC(C)C. The van der Waals surface area contributed by atoms with Gasteiger partial charge < -0.3 is 33.8 Å². The molecule has 0 rings (SSSR count). The van der Waals surface area contributed by atoms with Crippen LogP contribution in [0.15, 0.2) is 0 Å².